The van der Waals surface area contributed by atoms with E-state index in [-0.39, 0.29) is 29.4 Å². The number of rotatable bonds is 5. The Morgan fingerprint density at radius 3 is 3.00 bits per heavy atom. The maximum absolute atomic E-state index is 13.2. The summed E-state index contributed by atoms with van der Waals surface area (Å²) in [5.74, 6) is 0.331. The van der Waals surface area contributed by atoms with Crippen LogP contribution < -0.4 is 5.73 Å². The third-order valence-corrected chi connectivity index (χ3v) is 4.58. The average molecular weight is 383 g/mol. The fraction of sp³-hybridized carbons (Fsp3) is 0.533. The zero-order chi connectivity index (χ0) is 16.1. The van der Waals surface area contributed by atoms with Crippen molar-refractivity contribution in [2.75, 3.05) is 31.7 Å². The van der Waals surface area contributed by atoms with Crippen molar-refractivity contribution >= 4 is 41.7 Å². The molecule has 1 heterocycles. The minimum absolute atomic E-state index is 0. The largest absolute Gasteiger partial charge is 0.370 e. The van der Waals surface area contributed by atoms with Gasteiger partial charge in [-0.05, 0) is 36.1 Å². The van der Waals surface area contributed by atoms with Gasteiger partial charge in [-0.25, -0.2) is 4.39 Å². The molecular formula is C15H21Cl2FN2O2S. The Hall–Kier alpha value is -0.530. The molecule has 0 saturated carbocycles. The molecule has 1 aliphatic heterocycles. The number of morpholine rings is 1. The van der Waals surface area contributed by atoms with E-state index in [0.29, 0.717) is 26.1 Å². The summed E-state index contributed by atoms with van der Waals surface area (Å²) in [5.41, 5.74) is 6.71. The number of carbonyl (C=O) groups is 1. The predicted molar refractivity (Wildman–Crippen MR) is 94.9 cm³/mol. The van der Waals surface area contributed by atoms with E-state index in [0.717, 1.165) is 11.3 Å². The van der Waals surface area contributed by atoms with Crippen molar-refractivity contribution < 1.29 is 13.9 Å². The normalized spacial score (nSPS) is 19.1. The number of carbonyl (C=O) groups excluding carboxylic acids is 1. The summed E-state index contributed by atoms with van der Waals surface area (Å²) in [7, 11) is 0. The lowest BCUT2D eigenvalue weighted by Gasteiger charge is -2.34. The van der Waals surface area contributed by atoms with E-state index >= 15 is 0 Å². The lowest BCUT2D eigenvalue weighted by Crippen LogP contribution is -2.49. The monoisotopic (exact) mass is 382 g/mol. The topological polar surface area (TPSA) is 55.6 Å². The summed E-state index contributed by atoms with van der Waals surface area (Å²) in [4.78, 5) is 14.1. The Kier molecular flexibility index (Phi) is 8.64. The molecule has 0 aromatic heterocycles. The highest BCUT2D eigenvalue weighted by Crippen LogP contribution is 2.26. The minimum atomic E-state index is -0.483. The van der Waals surface area contributed by atoms with Gasteiger partial charge in [0.1, 0.15) is 11.9 Å². The fourth-order valence-corrected chi connectivity index (χ4v) is 3.05. The average Bonchev–Trinajstić information content (AvgIpc) is 2.54. The molecule has 1 unspecified atom stereocenters. The first kappa shape index (κ1) is 20.5. The van der Waals surface area contributed by atoms with Crippen LogP contribution in [0.3, 0.4) is 0 Å². The molecule has 4 nitrogen and oxygen atoms in total. The van der Waals surface area contributed by atoms with Gasteiger partial charge >= 0.3 is 0 Å². The Bertz CT molecular complexity index is 536. The molecule has 1 aromatic carbocycles. The summed E-state index contributed by atoms with van der Waals surface area (Å²) in [5, 5.41) is 0.0567. The van der Waals surface area contributed by atoms with Crippen LogP contribution in [0.1, 0.15) is 18.1 Å². The van der Waals surface area contributed by atoms with E-state index in [1.165, 1.54) is 6.07 Å². The summed E-state index contributed by atoms with van der Waals surface area (Å²) in [6, 6.07) is 4.01. The molecule has 2 atom stereocenters. The molecule has 1 saturated heterocycles. The van der Waals surface area contributed by atoms with Gasteiger partial charge in [0.25, 0.3) is 0 Å². The highest BCUT2D eigenvalue weighted by Gasteiger charge is 2.28. The van der Waals surface area contributed by atoms with Gasteiger partial charge in [-0.3, -0.25) is 4.79 Å². The van der Waals surface area contributed by atoms with E-state index in [2.05, 4.69) is 0 Å². The molecule has 0 radical (unpaired) electrons. The Labute approximate surface area is 151 Å². The number of nitrogens with zero attached hydrogens (tertiary/aromatic N) is 1. The van der Waals surface area contributed by atoms with Crippen molar-refractivity contribution in [2.45, 2.75) is 18.6 Å². The first-order chi connectivity index (χ1) is 10.5. The van der Waals surface area contributed by atoms with Crippen LogP contribution in [0.25, 0.3) is 0 Å². The smallest absolute Gasteiger partial charge is 0.239 e. The Balaban J connectivity index is 0.00000264. The van der Waals surface area contributed by atoms with Gasteiger partial charge in [0, 0.05) is 6.54 Å². The molecule has 8 heteroatoms. The number of thioether (sulfide) groups is 1. The SMILES string of the molecule is CSCC[C@H](N)C(=O)N1CCOC(c2ccc(F)c(Cl)c2)C1.Cl. The van der Waals surface area contributed by atoms with Crippen LogP contribution in [0.2, 0.25) is 5.02 Å². The third-order valence-electron chi connectivity index (χ3n) is 3.64. The van der Waals surface area contributed by atoms with Crippen LogP contribution in [-0.2, 0) is 9.53 Å². The molecule has 23 heavy (non-hydrogen) atoms. The first-order valence-corrected chi connectivity index (χ1v) is 8.90. The highest BCUT2D eigenvalue weighted by atomic mass is 35.5. The molecule has 0 aliphatic carbocycles. The second-order valence-corrected chi connectivity index (χ2v) is 6.60. The van der Waals surface area contributed by atoms with Gasteiger partial charge in [-0.15, -0.1) is 12.4 Å². The molecule has 0 spiro atoms. The van der Waals surface area contributed by atoms with Gasteiger partial charge in [0.15, 0.2) is 0 Å². The van der Waals surface area contributed by atoms with E-state index < -0.39 is 11.9 Å². The lowest BCUT2D eigenvalue weighted by atomic mass is 10.1. The molecule has 1 fully saturated rings. The fourth-order valence-electron chi connectivity index (χ4n) is 2.37. The third kappa shape index (κ3) is 5.50. The number of hydrogen-bond donors (Lipinski definition) is 1. The van der Waals surface area contributed by atoms with Crippen LogP contribution in [0.4, 0.5) is 4.39 Å². The minimum Gasteiger partial charge on any atom is -0.370 e. The number of amides is 1. The second-order valence-electron chi connectivity index (χ2n) is 5.21. The number of benzene rings is 1. The zero-order valence-corrected chi connectivity index (χ0v) is 15.2. The van der Waals surface area contributed by atoms with E-state index in [1.807, 2.05) is 6.26 Å². The predicted octanol–water partition coefficient (Wildman–Crippen LogP) is 2.88. The summed E-state index contributed by atoms with van der Waals surface area (Å²) in [6.07, 6.45) is 2.34. The number of nitrogens with two attached hydrogens (primary N) is 1. The van der Waals surface area contributed by atoms with Crippen LogP contribution in [0, 0.1) is 5.82 Å². The van der Waals surface area contributed by atoms with Gasteiger partial charge < -0.3 is 15.4 Å². The van der Waals surface area contributed by atoms with Crippen LogP contribution in [0.15, 0.2) is 18.2 Å². The van der Waals surface area contributed by atoms with Gasteiger partial charge in [-0.1, -0.05) is 17.7 Å². The quantitative estimate of drug-likeness (QED) is 0.850. The maximum atomic E-state index is 13.2. The summed E-state index contributed by atoms with van der Waals surface area (Å²) >= 11 is 7.47. The molecular weight excluding hydrogens is 362 g/mol. The standard InChI is InChI=1S/C15H20ClFN2O2S.ClH/c1-22-7-4-13(18)15(20)19-5-6-21-14(9-19)10-2-3-12(17)11(16)8-10;/h2-3,8,13-14H,4-7,9,18H2,1H3;1H/t13-,14?;/m0./s1. The summed E-state index contributed by atoms with van der Waals surface area (Å²) < 4.78 is 18.9. The molecule has 2 N–H and O–H groups in total. The van der Waals surface area contributed by atoms with E-state index in [4.69, 9.17) is 22.1 Å². The highest BCUT2D eigenvalue weighted by molar-refractivity contribution is 7.98. The van der Waals surface area contributed by atoms with Gasteiger partial charge in [-0.2, -0.15) is 11.8 Å². The Morgan fingerprint density at radius 1 is 1.61 bits per heavy atom. The van der Waals surface area contributed by atoms with Gasteiger partial charge in [0.05, 0.1) is 24.2 Å². The van der Waals surface area contributed by atoms with Crippen molar-refractivity contribution in [3.05, 3.63) is 34.6 Å². The molecule has 1 aromatic rings. The van der Waals surface area contributed by atoms with E-state index in [9.17, 15) is 9.18 Å². The number of halogens is 3. The van der Waals surface area contributed by atoms with E-state index in [1.54, 1.807) is 28.8 Å². The first-order valence-electron chi connectivity index (χ1n) is 7.12. The second kappa shape index (κ2) is 9.69. The van der Waals surface area contributed by atoms with Crippen molar-refractivity contribution in [3.63, 3.8) is 0 Å². The molecule has 2 rings (SSSR count). The van der Waals surface area contributed by atoms with Crippen LogP contribution >= 0.6 is 35.8 Å². The molecule has 1 amide bonds. The van der Waals surface area contributed by atoms with Crippen molar-refractivity contribution in [1.29, 1.82) is 0 Å². The summed E-state index contributed by atoms with van der Waals surface area (Å²) in [6.45, 7) is 1.37. The van der Waals surface area contributed by atoms with Crippen LogP contribution in [-0.4, -0.2) is 48.6 Å². The lowest BCUT2D eigenvalue weighted by molar-refractivity contribution is -0.140. The van der Waals surface area contributed by atoms with Crippen molar-refractivity contribution in [2.24, 2.45) is 5.73 Å². The molecule has 130 valence electrons. The molecule has 1 aliphatic rings. The van der Waals surface area contributed by atoms with Crippen LogP contribution in [0.5, 0.6) is 0 Å². The van der Waals surface area contributed by atoms with Gasteiger partial charge in [0.2, 0.25) is 5.91 Å². The number of hydrogen-bond acceptors (Lipinski definition) is 4. The Morgan fingerprint density at radius 2 is 2.35 bits per heavy atom. The van der Waals surface area contributed by atoms with Crippen molar-refractivity contribution in [3.8, 4) is 0 Å². The maximum Gasteiger partial charge on any atom is 0.239 e. The molecule has 0 bridgehead atoms. The zero-order valence-electron chi connectivity index (χ0n) is 12.8. The number of ether oxygens (including phenoxy) is 1. The van der Waals surface area contributed by atoms with Crippen molar-refractivity contribution in [1.82, 2.24) is 4.90 Å².